The van der Waals surface area contributed by atoms with Gasteiger partial charge in [-0.3, -0.25) is 9.69 Å². The maximum Gasteiger partial charge on any atom is 0.273 e. The highest BCUT2D eigenvalue weighted by Crippen LogP contribution is 2.26. The van der Waals surface area contributed by atoms with Crippen LogP contribution in [0, 0.1) is 0 Å². The fraction of sp³-hybridized carbons (Fsp3) is 0.318. The first-order valence-corrected chi connectivity index (χ1v) is 9.88. The van der Waals surface area contributed by atoms with Gasteiger partial charge in [0.05, 0.1) is 25.0 Å². The molecular formula is C22H25N5O2. The van der Waals surface area contributed by atoms with Crippen molar-refractivity contribution in [3.63, 3.8) is 0 Å². The maximum absolute atomic E-state index is 12.7. The number of carbonyl (C=O) groups excluding carboxylic acids is 1. The van der Waals surface area contributed by atoms with E-state index >= 15 is 0 Å². The van der Waals surface area contributed by atoms with Crippen LogP contribution in [0.25, 0.3) is 5.69 Å². The monoisotopic (exact) mass is 391 g/mol. The molecule has 0 bridgehead atoms. The maximum atomic E-state index is 12.7. The summed E-state index contributed by atoms with van der Waals surface area (Å²) in [4.78, 5) is 15.1. The molecule has 7 heteroatoms. The summed E-state index contributed by atoms with van der Waals surface area (Å²) >= 11 is 0. The largest absolute Gasteiger partial charge is 0.497 e. The molecule has 1 fully saturated rings. The number of ether oxygens (including phenoxy) is 1. The van der Waals surface area contributed by atoms with E-state index in [0.29, 0.717) is 12.2 Å². The quantitative estimate of drug-likeness (QED) is 0.671. The Morgan fingerprint density at radius 2 is 1.83 bits per heavy atom. The SMILES string of the molecule is COc1ccc(C(CNC(=O)c2cn(-c3ccccc3)nn2)N2CCCC2)cc1. The Bertz CT molecular complexity index is 933. The van der Waals surface area contributed by atoms with Crippen LogP contribution in [0.5, 0.6) is 5.75 Å². The van der Waals surface area contributed by atoms with Gasteiger partial charge in [-0.2, -0.15) is 0 Å². The Hall–Kier alpha value is -3.19. The van der Waals surface area contributed by atoms with Gasteiger partial charge in [-0.1, -0.05) is 35.5 Å². The van der Waals surface area contributed by atoms with Gasteiger partial charge >= 0.3 is 0 Å². The van der Waals surface area contributed by atoms with Crippen molar-refractivity contribution in [2.24, 2.45) is 0 Å². The summed E-state index contributed by atoms with van der Waals surface area (Å²) in [5.74, 6) is 0.611. The number of methoxy groups -OCH3 is 1. The van der Waals surface area contributed by atoms with Crippen molar-refractivity contribution in [3.8, 4) is 11.4 Å². The Kier molecular flexibility index (Phi) is 5.86. The van der Waals surface area contributed by atoms with Crippen LogP contribution in [0.1, 0.15) is 34.9 Å². The Morgan fingerprint density at radius 1 is 1.10 bits per heavy atom. The van der Waals surface area contributed by atoms with E-state index in [4.69, 9.17) is 4.74 Å². The number of nitrogens with zero attached hydrogens (tertiary/aromatic N) is 4. The summed E-state index contributed by atoms with van der Waals surface area (Å²) in [7, 11) is 1.66. The lowest BCUT2D eigenvalue weighted by Crippen LogP contribution is -2.37. The minimum absolute atomic E-state index is 0.122. The summed E-state index contributed by atoms with van der Waals surface area (Å²) in [6.07, 6.45) is 4.03. The molecule has 4 rings (SSSR count). The summed E-state index contributed by atoms with van der Waals surface area (Å²) in [6, 6.07) is 17.8. The summed E-state index contributed by atoms with van der Waals surface area (Å²) < 4.78 is 6.88. The number of benzene rings is 2. The zero-order valence-electron chi connectivity index (χ0n) is 16.5. The minimum Gasteiger partial charge on any atom is -0.497 e. The molecule has 1 amide bonds. The van der Waals surface area contributed by atoms with Crippen molar-refractivity contribution >= 4 is 5.91 Å². The molecule has 0 spiro atoms. The van der Waals surface area contributed by atoms with E-state index in [1.807, 2.05) is 42.5 Å². The Morgan fingerprint density at radius 3 is 2.52 bits per heavy atom. The van der Waals surface area contributed by atoms with Crippen molar-refractivity contribution in [1.82, 2.24) is 25.2 Å². The molecule has 7 nitrogen and oxygen atoms in total. The molecule has 0 saturated carbocycles. The van der Waals surface area contributed by atoms with Crippen LogP contribution >= 0.6 is 0 Å². The third-order valence-corrected chi connectivity index (χ3v) is 5.28. The zero-order chi connectivity index (χ0) is 20.1. The number of para-hydroxylation sites is 1. The van der Waals surface area contributed by atoms with Crippen molar-refractivity contribution in [2.45, 2.75) is 18.9 Å². The van der Waals surface area contributed by atoms with E-state index in [1.54, 1.807) is 18.0 Å². The summed E-state index contributed by atoms with van der Waals surface area (Å²) in [5.41, 5.74) is 2.34. The predicted octanol–water partition coefficient (Wildman–Crippen LogP) is 2.84. The standard InChI is InChI=1S/C22H25N5O2/c1-29-19-11-9-17(10-12-19)21(26-13-5-6-14-26)15-23-22(28)20-16-27(25-24-20)18-7-3-2-4-8-18/h2-4,7-12,16,21H,5-6,13-15H2,1H3,(H,23,28). The Labute approximate surface area is 170 Å². The average Bonchev–Trinajstić information content (AvgIpc) is 3.47. The molecule has 2 heterocycles. The van der Waals surface area contributed by atoms with Crippen molar-refractivity contribution in [2.75, 3.05) is 26.7 Å². The fourth-order valence-corrected chi connectivity index (χ4v) is 3.69. The van der Waals surface area contributed by atoms with Crippen LogP contribution in [0.2, 0.25) is 0 Å². The van der Waals surface area contributed by atoms with E-state index in [1.165, 1.54) is 18.4 Å². The van der Waals surface area contributed by atoms with E-state index in [2.05, 4.69) is 32.7 Å². The molecule has 1 unspecified atom stereocenters. The number of rotatable bonds is 7. The lowest BCUT2D eigenvalue weighted by Gasteiger charge is -2.28. The molecule has 0 aliphatic carbocycles. The zero-order valence-corrected chi connectivity index (χ0v) is 16.5. The smallest absolute Gasteiger partial charge is 0.273 e. The minimum atomic E-state index is -0.218. The van der Waals surface area contributed by atoms with Gasteiger partial charge in [0.15, 0.2) is 5.69 Å². The molecule has 2 aromatic carbocycles. The molecule has 0 radical (unpaired) electrons. The van der Waals surface area contributed by atoms with Crippen molar-refractivity contribution in [3.05, 3.63) is 72.1 Å². The second-order valence-electron chi connectivity index (χ2n) is 7.13. The first-order valence-electron chi connectivity index (χ1n) is 9.88. The lowest BCUT2D eigenvalue weighted by atomic mass is 10.1. The number of amides is 1. The topological polar surface area (TPSA) is 72.3 Å². The number of carbonyl (C=O) groups is 1. The third-order valence-electron chi connectivity index (χ3n) is 5.28. The fourth-order valence-electron chi connectivity index (χ4n) is 3.69. The lowest BCUT2D eigenvalue weighted by molar-refractivity contribution is 0.0933. The van der Waals surface area contributed by atoms with E-state index in [0.717, 1.165) is 24.5 Å². The van der Waals surface area contributed by atoms with Crippen LogP contribution < -0.4 is 10.1 Å². The summed E-state index contributed by atoms with van der Waals surface area (Å²) in [6.45, 7) is 2.59. The number of aromatic nitrogens is 3. The molecule has 1 N–H and O–H groups in total. The van der Waals surface area contributed by atoms with Gasteiger partial charge in [-0.15, -0.1) is 5.10 Å². The van der Waals surface area contributed by atoms with Crippen molar-refractivity contribution < 1.29 is 9.53 Å². The van der Waals surface area contributed by atoms with Gasteiger partial charge in [0, 0.05) is 6.54 Å². The molecule has 1 aliphatic rings. The van der Waals surface area contributed by atoms with Crippen LogP contribution in [0.4, 0.5) is 0 Å². The third kappa shape index (κ3) is 4.46. The molecule has 1 saturated heterocycles. The van der Waals surface area contributed by atoms with Crippen molar-refractivity contribution in [1.29, 1.82) is 0 Å². The van der Waals surface area contributed by atoms with Crippen LogP contribution in [0.3, 0.4) is 0 Å². The van der Waals surface area contributed by atoms with Gasteiger partial charge in [0.25, 0.3) is 5.91 Å². The number of hydrogen-bond donors (Lipinski definition) is 1. The van der Waals surface area contributed by atoms with E-state index in [9.17, 15) is 4.79 Å². The van der Waals surface area contributed by atoms with E-state index < -0.39 is 0 Å². The van der Waals surface area contributed by atoms with Crippen LogP contribution in [-0.2, 0) is 0 Å². The van der Waals surface area contributed by atoms with Gasteiger partial charge in [0.2, 0.25) is 0 Å². The molecule has 150 valence electrons. The normalized spacial score (nSPS) is 15.2. The predicted molar refractivity (Wildman–Crippen MR) is 110 cm³/mol. The average molecular weight is 391 g/mol. The molecular weight excluding hydrogens is 366 g/mol. The van der Waals surface area contributed by atoms with Crippen LogP contribution in [0.15, 0.2) is 60.8 Å². The summed E-state index contributed by atoms with van der Waals surface area (Å²) in [5, 5.41) is 11.1. The highest BCUT2D eigenvalue weighted by molar-refractivity contribution is 5.91. The Balaban J connectivity index is 1.45. The van der Waals surface area contributed by atoms with Crippen LogP contribution in [-0.4, -0.2) is 52.5 Å². The first kappa shape index (κ1) is 19.1. The molecule has 1 atom stereocenters. The first-order chi connectivity index (χ1) is 14.2. The number of hydrogen-bond acceptors (Lipinski definition) is 5. The van der Waals surface area contributed by atoms with E-state index in [-0.39, 0.29) is 11.9 Å². The second kappa shape index (κ2) is 8.87. The molecule has 29 heavy (non-hydrogen) atoms. The highest BCUT2D eigenvalue weighted by atomic mass is 16.5. The van der Waals surface area contributed by atoms with Gasteiger partial charge in [-0.05, 0) is 55.8 Å². The highest BCUT2D eigenvalue weighted by Gasteiger charge is 2.24. The van der Waals surface area contributed by atoms with Gasteiger partial charge in [0.1, 0.15) is 5.75 Å². The number of likely N-dealkylation sites (tertiary alicyclic amines) is 1. The molecule has 1 aromatic heterocycles. The molecule has 3 aromatic rings. The number of nitrogens with one attached hydrogen (secondary N) is 1. The van der Waals surface area contributed by atoms with Gasteiger partial charge < -0.3 is 10.1 Å². The molecule has 1 aliphatic heterocycles. The second-order valence-corrected chi connectivity index (χ2v) is 7.13. The van der Waals surface area contributed by atoms with Gasteiger partial charge in [-0.25, -0.2) is 4.68 Å².